The van der Waals surface area contributed by atoms with Gasteiger partial charge in [0.15, 0.2) is 0 Å². The number of carbonyl (C=O) groups is 3. The van der Waals surface area contributed by atoms with Gasteiger partial charge in [-0.2, -0.15) is 0 Å². The summed E-state index contributed by atoms with van der Waals surface area (Å²) >= 11 is 0. The molecule has 1 atom stereocenters. The molecule has 2 rings (SSSR count). The van der Waals surface area contributed by atoms with E-state index in [4.69, 9.17) is 9.84 Å². The predicted octanol–water partition coefficient (Wildman–Crippen LogP) is -0.580. The van der Waals surface area contributed by atoms with Crippen LogP contribution < -0.4 is 20.7 Å². The summed E-state index contributed by atoms with van der Waals surface area (Å²) in [6.07, 6.45) is 0. The molecule has 0 saturated carbocycles. The van der Waals surface area contributed by atoms with Crippen molar-refractivity contribution < 1.29 is 24.2 Å². The number of anilines is 1. The van der Waals surface area contributed by atoms with Crippen molar-refractivity contribution in [2.24, 2.45) is 0 Å². The second kappa shape index (κ2) is 6.23. The number of carboxylic acids is 1. The molecule has 21 heavy (non-hydrogen) atoms. The standard InChI is InChI=1S/C13H15N3O5/c1-21-7-2-3-8(13(19)20)9(4-7)16-12(18)10-5-15-11(17)6-14-10/h2-4,10,14H,5-6H2,1H3,(H,15,17)(H,16,18)(H,19,20). The van der Waals surface area contributed by atoms with Crippen molar-refractivity contribution in [3.05, 3.63) is 23.8 Å². The molecule has 1 aromatic carbocycles. The molecule has 8 nitrogen and oxygen atoms in total. The molecule has 1 fully saturated rings. The number of carboxylic acid groups (broad SMARTS) is 1. The molecule has 0 aliphatic carbocycles. The Balaban J connectivity index is 2.15. The maximum Gasteiger partial charge on any atom is 0.337 e. The van der Waals surface area contributed by atoms with Gasteiger partial charge in [0.25, 0.3) is 0 Å². The minimum Gasteiger partial charge on any atom is -0.497 e. The van der Waals surface area contributed by atoms with Gasteiger partial charge in [0.2, 0.25) is 11.8 Å². The number of methoxy groups -OCH3 is 1. The summed E-state index contributed by atoms with van der Waals surface area (Å²) < 4.78 is 5.01. The van der Waals surface area contributed by atoms with Crippen LogP contribution in [0.3, 0.4) is 0 Å². The second-order valence-corrected chi connectivity index (χ2v) is 4.44. The molecule has 1 aliphatic rings. The van der Waals surface area contributed by atoms with E-state index in [1.165, 1.54) is 25.3 Å². The molecule has 2 amide bonds. The van der Waals surface area contributed by atoms with Gasteiger partial charge in [0.05, 0.1) is 24.9 Å². The van der Waals surface area contributed by atoms with Crippen molar-refractivity contribution >= 4 is 23.5 Å². The van der Waals surface area contributed by atoms with E-state index >= 15 is 0 Å². The Morgan fingerprint density at radius 2 is 2.19 bits per heavy atom. The highest BCUT2D eigenvalue weighted by molar-refractivity contribution is 6.03. The zero-order valence-corrected chi connectivity index (χ0v) is 11.3. The van der Waals surface area contributed by atoms with Crippen molar-refractivity contribution in [2.45, 2.75) is 6.04 Å². The fourth-order valence-corrected chi connectivity index (χ4v) is 1.91. The van der Waals surface area contributed by atoms with Crippen molar-refractivity contribution in [3.8, 4) is 5.75 Å². The largest absolute Gasteiger partial charge is 0.497 e. The number of ether oxygens (including phenoxy) is 1. The van der Waals surface area contributed by atoms with Crippen LogP contribution in [0.1, 0.15) is 10.4 Å². The van der Waals surface area contributed by atoms with Crippen LogP contribution in [0, 0.1) is 0 Å². The summed E-state index contributed by atoms with van der Waals surface area (Å²) in [6.45, 7) is 0.193. The minimum absolute atomic E-state index is 0.0380. The number of carbonyl (C=O) groups excluding carboxylic acids is 2. The van der Waals surface area contributed by atoms with Crippen LogP contribution in [0.15, 0.2) is 18.2 Å². The highest BCUT2D eigenvalue weighted by Crippen LogP contribution is 2.22. The third-order valence-corrected chi connectivity index (χ3v) is 3.04. The molecule has 0 spiro atoms. The van der Waals surface area contributed by atoms with Gasteiger partial charge in [-0.3, -0.25) is 14.9 Å². The number of benzene rings is 1. The molecule has 1 unspecified atom stereocenters. The van der Waals surface area contributed by atoms with Gasteiger partial charge >= 0.3 is 5.97 Å². The molecule has 0 bridgehead atoms. The van der Waals surface area contributed by atoms with E-state index in [2.05, 4.69) is 16.0 Å². The summed E-state index contributed by atoms with van der Waals surface area (Å²) in [5.74, 6) is -1.34. The number of hydrogen-bond acceptors (Lipinski definition) is 5. The van der Waals surface area contributed by atoms with Crippen LogP contribution >= 0.6 is 0 Å². The average Bonchev–Trinajstić information content (AvgIpc) is 2.47. The molecular formula is C13H15N3O5. The van der Waals surface area contributed by atoms with Crippen LogP contribution in [-0.2, 0) is 9.59 Å². The fourth-order valence-electron chi connectivity index (χ4n) is 1.91. The highest BCUT2D eigenvalue weighted by atomic mass is 16.5. The van der Waals surface area contributed by atoms with E-state index in [1.54, 1.807) is 0 Å². The molecule has 112 valence electrons. The van der Waals surface area contributed by atoms with Crippen molar-refractivity contribution in [2.75, 3.05) is 25.5 Å². The Kier molecular flexibility index (Phi) is 4.39. The first-order valence-corrected chi connectivity index (χ1v) is 6.23. The summed E-state index contributed by atoms with van der Waals surface area (Å²) in [7, 11) is 1.44. The number of amides is 2. The summed E-state index contributed by atoms with van der Waals surface area (Å²) in [5.41, 5.74) is 0.106. The number of rotatable bonds is 4. The van der Waals surface area contributed by atoms with E-state index in [0.717, 1.165) is 0 Å². The third kappa shape index (κ3) is 3.48. The molecule has 1 heterocycles. The molecule has 0 aromatic heterocycles. The number of nitrogens with one attached hydrogen (secondary N) is 3. The maximum absolute atomic E-state index is 12.1. The minimum atomic E-state index is -1.15. The van der Waals surface area contributed by atoms with Gasteiger partial charge in [-0.15, -0.1) is 0 Å². The van der Waals surface area contributed by atoms with E-state index in [9.17, 15) is 14.4 Å². The lowest BCUT2D eigenvalue weighted by atomic mass is 10.1. The third-order valence-electron chi connectivity index (χ3n) is 3.04. The van der Waals surface area contributed by atoms with E-state index < -0.39 is 17.9 Å². The molecule has 1 aromatic rings. The van der Waals surface area contributed by atoms with Crippen molar-refractivity contribution in [3.63, 3.8) is 0 Å². The first-order valence-electron chi connectivity index (χ1n) is 6.23. The van der Waals surface area contributed by atoms with E-state index in [1.807, 2.05) is 0 Å². The molecule has 1 aliphatic heterocycles. The first kappa shape index (κ1) is 14.8. The van der Waals surface area contributed by atoms with Crippen LogP contribution in [0.2, 0.25) is 0 Å². The summed E-state index contributed by atoms with van der Waals surface area (Å²) in [5, 5.41) is 17.0. The zero-order chi connectivity index (χ0) is 15.4. The van der Waals surface area contributed by atoms with Gasteiger partial charge in [-0.05, 0) is 12.1 Å². The Hall–Kier alpha value is -2.61. The lowest BCUT2D eigenvalue weighted by Gasteiger charge is -2.23. The van der Waals surface area contributed by atoms with Gasteiger partial charge in [-0.25, -0.2) is 4.79 Å². The lowest BCUT2D eigenvalue weighted by Crippen LogP contribution is -2.56. The SMILES string of the molecule is COc1ccc(C(=O)O)c(NC(=O)C2CNC(=O)CN2)c1. The molecule has 8 heteroatoms. The van der Waals surface area contributed by atoms with Crippen LogP contribution in [0.5, 0.6) is 5.75 Å². The van der Waals surface area contributed by atoms with Gasteiger partial charge < -0.3 is 20.5 Å². The second-order valence-electron chi connectivity index (χ2n) is 4.44. The maximum atomic E-state index is 12.1. The smallest absolute Gasteiger partial charge is 0.337 e. The van der Waals surface area contributed by atoms with Crippen molar-refractivity contribution in [1.82, 2.24) is 10.6 Å². The Morgan fingerprint density at radius 3 is 2.76 bits per heavy atom. The lowest BCUT2D eigenvalue weighted by molar-refractivity contribution is -0.124. The Bertz CT molecular complexity index is 577. The monoisotopic (exact) mass is 293 g/mol. The molecule has 1 saturated heterocycles. The van der Waals surface area contributed by atoms with Gasteiger partial charge in [0, 0.05) is 12.6 Å². The van der Waals surface area contributed by atoms with E-state index in [-0.39, 0.29) is 30.2 Å². The van der Waals surface area contributed by atoms with Crippen LogP contribution in [0.25, 0.3) is 0 Å². The average molecular weight is 293 g/mol. The van der Waals surface area contributed by atoms with E-state index in [0.29, 0.717) is 5.75 Å². The van der Waals surface area contributed by atoms with Gasteiger partial charge in [0.1, 0.15) is 11.8 Å². The normalized spacial score (nSPS) is 17.8. The first-order chi connectivity index (χ1) is 10.0. The summed E-state index contributed by atoms with van der Waals surface area (Å²) in [4.78, 5) is 34.3. The summed E-state index contributed by atoms with van der Waals surface area (Å²) in [6, 6.07) is 3.67. The molecule has 0 radical (unpaired) electrons. The molecular weight excluding hydrogens is 278 g/mol. The van der Waals surface area contributed by atoms with Gasteiger partial charge in [-0.1, -0.05) is 0 Å². The van der Waals surface area contributed by atoms with Crippen molar-refractivity contribution in [1.29, 1.82) is 0 Å². The predicted molar refractivity (Wildman–Crippen MR) is 73.4 cm³/mol. The topological polar surface area (TPSA) is 117 Å². The van der Waals surface area contributed by atoms with Crippen LogP contribution in [-0.4, -0.2) is 49.1 Å². The van der Waals surface area contributed by atoms with Crippen LogP contribution in [0.4, 0.5) is 5.69 Å². The number of piperazine rings is 1. The molecule has 4 N–H and O–H groups in total. The number of aromatic carboxylic acids is 1. The zero-order valence-electron chi connectivity index (χ0n) is 11.3. The Morgan fingerprint density at radius 1 is 1.43 bits per heavy atom. The Labute approximate surface area is 120 Å². The fraction of sp³-hybridized carbons (Fsp3) is 0.308. The number of hydrogen-bond donors (Lipinski definition) is 4. The quantitative estimate of drug-likeness (QED) is 0.590. The highest BCUT2D eigenvalue weighted by Gasteiger charge is 2.25.